The lowest BCUT2D eigenvalue weighted by molar-refractivity contribution is 0.0854. The lowest BCUT2D eigenvalue weighted by Crippen LogP contribution is -2.32. The number of hydrogen-bond acceptors (Lipinski definition) is 5. The Morgan fingerprint density at radius 1 is 1.57 bits per heavy atom. The summed E-state index contributed by atoms with van der Waals surface area (Å²) in [5, 5.41) is 6.12. The van der Waals surface area contributed by atoms with Crippen LogP contribution in [0.25, 0.3) is 0 Å². The van der Waals surface area contributed by atoms with Crippen LogP contribution in [0.3, 0.4) is 0 Å². The molecule has 1 atom stereocenters. The number of anilines is 1. The van der Waals surface area contributed by atoms with Gasteiger partial charge in [0.1, 0.15) is 5.69 Å². The lowest BCUT2D eigenvalue weighted by Gasteiger charge is -2.11. The van der Waals surface area contributed by atoms with E-state index in [2.05, 4.69) is 15.6 Å². The van der Waals surface area contributed by atoms with E-state index in [1.807, 2.05) is 6.07 Å². The Labute approximate surface area is 125 Å². The number of carbonyl (C=O) groups excluding carboxylic acids is 1. The Kier molecular flexibility index (Phi) is 6.43. The molecule has 2 N–H and O–H groups in total. The topological polar surface area (TPSA) is 72.5 Å². The zero-order valence-electron chi connectivity index (χ0n) is 12.4. The van der Waals surface area contributed by atoms with Gasteiger partial charge in [0.05, 0.1) is 6.10 Å². The van der Waals surface area contributed by atoms with Crippen LogP contribution < -0.4 is 10.6 Å². The zero-order valence-corrected chi connectivity index (χ0v) is 12.4. The van der Waals surface area contributed by atoms with E-state index in [-0.39, 0.29) is 12.0 Å². The van der Waals surface area contributed by atoms with Crippen molar-refractivity contribution < 1.29 is 14.3 Å². The number of ether oxygens (including phenoxy) is 2. The number of amides is 1. The van der Waals surface area contributed by atoms with Crippen molar-refractivity contribution in [3.05, 3.63) is 24.0 Å². The van der Waals surface area contributed by atoms with E-state index in [0.717, 1.165) is 38.1 Å². The van der Waals surface area contributed by atoms with Crippen LogP contribution in [0, 0.1) is 0 Å². The summed E-state index contributed by atoms with van der Waals surface area (Å²) in [6.07, 6.45) is 4.78. The van der Waals surface area contributed by atoms with Gasteiger partial charge in [-0.2, -0.15) is 0 Å². The molecule has 116 valence electrons. The molecular formula is C15H23N3O3. The summed E-state index contributed by atoms with van der Waals surface area (Å²) in [5.41, 5.74) is 1.31. The van der Waals surface area contributed by atoms with Crippen LogP contribution >= 0.6 is 0 Å². The van der Waals surface area contributed by atoms with Crippen molar-refractivity contribution in [2.75, 3.05) is 38.7 Å². The van der Waals surface area contributed by atoms with Crippen molar-refractivity contribution in [3.63, 3.8) is 0 Å². The highest BCUT2D eigenvalue weighted by Gasteiger charge is 2.17. The van der Waals surface area contributed by atoms with Crippen LogP contribution in [0.2, 0.25) is 0 Å². The molecular weight excluding hydrogens is 270 g/mol. The summed E-state index contributed by atoms with van der Waals surface area (Å²) >= 11 is 0. The van der Waals surface area contributed by atoms with Gasteiger partial charge in [0, 0.05) is 45.3 Å². The van der Waals surface area contributed by atoms with Crippen LogP contribution in [-0.2, 0) is 9.47 Å². The van der Waals surface area contributed by atoms with Crippen LogP contribution in [0.15, 0.2) is 18.3 Å². The molecule has 1 fully saturated rings. The first-order valence-corrected chi connectivity index (χ1v) is 7.38. The summed E-state index contributed by atoms with van der Waals surface area (Å²) in [4.78, 5) is 16.2. The molecule has 1 aromatic heterocycles. The summed E-state index contributed by atoms with van der Waals surface area (Å²) in [5.74, 6) is -0.161. The van der Waals surface area contributed by atoms with Crippen LogP contribution in [0.5, 0.6) is 0 Å². The van der Waals surface area contributed by atoms with Crippen LogP contribution in [-0.4, -0.2) is 50.4 Å². The molecule has 1 saturated heterocycles. The number of aromatic nitrogens is 1. The van der Waals surface area contributed by atoms with Crippen LogP contribution in [0.4, 0.5) is 5.69 Å². The fourth-order valence-corrected chi connectivity index (χ4v) is 2.22. The van der Waals surface area contributed by atoms with Crippen molar-refractivity contribution in [2.45, 2.75) is 25.4 Å². The van der Waals surface area contributed by atoms with Gasteiger partial charge in [-0.1, -0.05) is 0 Å². The molecule has 6 nitrogen and oxygen atoms in total. The summed E-state index contributed by atoms with van der Waals surface area (Å²) in [6, 6.07) is 3.61. The Hall–Kier alpha value is -1.66. The fourth-order valence-electron chi connectivity index (χ4n) is 2.22. The first kappa shape index (κ1) is 15.7. The first-order valence-electron chi connectivity index (χ1n) is 7.38. The number of methoxy groups -OCH3 is 1. The molecule has 1 unspecified atom stereocenters. The summed E-state index contributed by atoms with van der Waals surface area (Å²) in [6.45, 7) is 2.85. The Morgan fingerprint density at radius 3 is 3.24 bits per heavy atom. The van der Waals surface area contributed by atoms with E-state index in [1.54, 1.807) is 19.4 Å². The van der Waals surface area contributed by atoms with E-state index < -0.39 is 0 Å². The third-order valence-corrected chi connectivity index (χ3v) is 3.36. The Morgan fingerprint density at radius 2 is 2.48 bits per heavy atom. The normalized spacial score (nSPS) is 17.7. The smallest absolute Gasteiger partial charge is 0.270 e. The van der Waals surface area contributed by atoms with Gasteiger partial charge < -0.3 is 20.1 Å². The highest BCUT2D eigenvalue weighted by atomic mass is 16.5. The number of carbonyl (C=O) groups is 1. The van der Waals surface area contributed by atoms with Gasteiger partial charge in [-0.05, 0) is 31.4 Å². The number of hydrogen-bond donors (Lipinski definition) is 2. The van der Waals surface area contributed by atoms with Gasteiger partial charge in [-0.25, -0.2) is 0 Å². The quantitative estimate of drug-likeness (QED) is 0.710. The maximum atomic E-state index is 12.1. The van der Waals surface area contributed by atoms with E-state index in [0.29, 0.717) is 18.8 Å². The molecule has 2 rings (SSSR count). The molecule has 21 heavy (non-hydrogen) atoms. The molecule has 1 aromatic rings. The molecule has 0 aromatic carbocycles. The average molecular weight is 293 g/mol. The number of pyridine rings is 1. The predicted molar refractivity (Wildman–Crippen MR) is 80.5 cm³/mol. The van der Waals surface area contributed by atoms with Gasteiger partial charge in [0.15, 0.2) is 0 Å². The number of nitrogens with one attached hydrogen (secondary N) is 2. The van der Waals surface area contributed by atoms with Crippen molar-refractivity contribution in [2.24, 2.45) is 0 Å². The SMILES string of the molecule is COCCCNc1ccnc(C(=O)NCC2CCCO2)c1. The molecule has 1 aliphatic rings. The van der Waals surface area contributed by atoms with Crippen molar-refractivity contribution in [1.82, 2.24) is 10.3 Å². The third-order valence-electron chi connectivity index (χ3n) is 3.36. The summed E-state index contributed by atoms with van der Waals surface area (Å²) in [7, 11) is 1.68. The minimum absolute atomic E-state index is 0.143. The largest absolute Gasteiger partial charge is 0.385 e. The monoisotopic (exact) mass is 293 g/mol. The summed E-state index contributed by atoms with van der Waals surface area (Å²) < 4.78 is 10.5. The Bertz CT molecular complexity index is 448. The molecule has 0 radical (unpaired) electrons. The zero-order chi connectivity index (χ0) is 14.9. The second-order valence-electron chi connectivity index (χ2n) is 5.05. The highest BCUT2D eigenvalue weighted by Crippen LogP contribution is 2.11. The maximum absolute atomic E-state index is 12.1. The molecule has 0 aliphatic carbocycles. The van der Waals surface area contributed by atoms with Gasteiger partial charge in [0.25, 0.3) is 5.91 Å². The fraction of sp³-hybridized carbons (Fsp3) is 0.600. The molecule has 6 heteroatoms. The van der Waals surface area contributed by atoms with E-state index >= 15 is 0 Å². The second kappa shape index (κ2) is 8.59. The van der Waals surface area contributed by atoms with Crippen molar-refractivity contribution in [3.8, 4) is 0 Å². The van der Waals surface area contributed by atoms with E-state index in [9.17, 15) is 4.79 Å². The van der Waals surface area contributed by atoms with E-state index in [4.69, 9.17) is 9.47 Å². The molecule has 1 aliphatic heterocycles. The predicted octanol–water partition coefficient (Wildman–Crippen LogP) is 1.44. The van der Waals surface area contributed by atoms with Gasteiger partial charge in [-0.3, -0.25) is 9.78 Å². The number of rotatable bonds is 8. The average Bonchev–Trinajstić information content (AvgIpc) is 3.03. The van der Waals surface area contributed by atoms with Crippen molar-refractivity contribution in [1.29, 1.82) is 0 Å². The third kappa shape index (κ3) is 5.32. The standard InChI is InChI=1S/C15H23N3O3/c1-20-8-3-6-16-12-5-7-17-14(10-12)15(19)18-11-13-4-2-9-21-13/h5,7,10,13H,2-4,6,8-9,11H2,1H3,(H,16,17)(H,18,19). The van der Waals surface area contributed by atoms with Gasteiger partial charge >= 0.3 is 0 Å². The van der Waals surface area contributed by atoms with Gasteiger partial charge in [0.2, 0.25) is 0 Å². The second-order valence-corrected chi connectivity index (χ2v) is 5.05. The first-order chi connectivity index (χ1) is 10.3. The van der Waals surface area contributed by atoms with Gasteiger partial charge in [-0.15, -0.1) is 0 Å². The molecule has 0 bridgehead atoms. The number of nitrogens with zero attached hydrogens (tertiary/aromatic N) is 1. The van der Waals surface area contributed by atoms with Crippen molar-refractivity contribution >= 4 is 11.6 Å². The van der Waals surface area contributed by atoms with Crippen LogP contribution in [0.1, 0.15) is 29.8 Å². The molecule has 0 spiro atoms. The van der Waals surface area contributed by atoms with E-state index in [1.165, 1.54) is 0 Å². The lowest BCUT2D eigenvalue weighted by atomic mass is 10.2. The minimum Gasteiger partial charge on any atom is -0.385 e. The molecule has 2 heterocycles. The molecule has 1 amide bonds. The highest BCUT2D eigenvalue weighted by molar-refractivity contribution is 5.93. The molecule has 0 saturated carbocycles. The Balaban J connectivity index is 1.79. The maximum Gasteiger partial charge on any atom is 0.270 e. The minimum atomic E-state index is -0.161.